The number of fused-ring (bicyclic) bond motifs is 1. The molecule has 90 valence electrons. The first-order chi connectivity index (χ1) is 7.70. The summed E-state index contributed by atoms with van der Waals surface area (Å²) >= 11 is 0. The highest BCUT2D eigenvalue weighted by Crippen LogP contribution is 2.18. The molecule has 5 nitrogen and oxygen atoms in total. The minimum absolute atomic E-state index is 0.0199. The zero-order valence-corrected chi connectivity index (χ0v) is 9.57. The molecule has 1 amide bonds. The van der Waals surface area contributed by atoms with Crippen LogP contribution in [0.5, 0.6) is 0 Å². The SMILES string of the molecule is COC(=O)C[C@@H]1[NH2+][C@@H]2CCCC[C@@H]2NC1=O. The number of hydrogen-bond acceptors (Lipinski definition) is 3. The summed E-state index contributed by atoms with van der Waals surface area (Å²) in [4.78, 5) is 22.9. The van der Waals surface area contributed by atoms with Crippen LogP contribution in [0.1, 0.15) is 32.1 Å². The van der Waals surface area contributed by atoms with Crippen LogP contribution in [0, 0.1) is 0 Å². The van der Waals surface area contributed by atoms with E-state index in [0.29, 0.717) is 12.1 Å². The third-order valence-corrected chi connectivity index (χ3v) is 3.58. The van der Waals surface area contributed by atoms with Gasteiger partial charge < -0.3 is 15.4 Å². The number of ether oxygens (including phenoxy) is 1. The van der Waals surface area contributed by atoms with Crippen molar-refractivity contribution in [1.29, 1.82) is 0 Å². The fourth-order valence-electron chi connectivity index (χ4n) is 2.67. The van der Waals surface area contributed by atoms with E-state index in [0.717, 1.165) is 12.8 Å². The molecule has 0 aromatic carbocycles. The smallest absolute Gasteiger partial charge is 0.312 e. The molecule has 3 atom stereocenters. The quantitative estimate of drug-likeness (QED) is 0.590. The molecule has 1 saturated heterocycles. The topological polar surface area (TPSA) is 72.0 Å². The van der Waals surface area contributed by atoms with Crippen LogP contribution in [0.25, 0.3) is 0 Å². The van der Waals surface area contributed by atoms with E-state index in [1.54, 1.807) is 0 Å². The Kier molecular flexibility index (Phi) is 3.43. The second-order valence-corrected chi connectivity index (χ2v) is 4.64. The number of nitrogens with two attached hydrogens (primary N) is 1. The number of quaternary nitrogens is 1. The summed E-state index contributed by atoms with van der Waals surface area (Å²) in [5.41, 5.74) is 0. The van der Waals surface area contributed by atoms with Gasteiger partial charge in [-0.2, -0.15) is 0 Å². The molecule has 1 saturated carbocycles. The maximum absolute atomic E-state index is 11.8. The standard InChI is InChI=1S/C11H18N2O3/c1-16-10(14)6-9-11(15)13-8-5-3-2-4-7(8)12-9/h7-9,12H,2-6H2,1H3,(H,13,15)/p+1/t7-,8+,9+/m1/s1. The molecule has 3 N–H and O–H groups in total. The zero-order chi connectivity index (χ0) is 11.5. The van der Waals surface area contributed by atoms with Crippen molar-refractivity contribution in [3.8, 4) is 0 Å². The lowest BCUT2D eigenvalue weighted by Gasteiger charge is -2.37. The van der Waals surface area contributed by atoms with Crippen LogP contribution in [0.4, 0.5) is 0 Å². The molecule has 2 fully saturated rings. The van der Waals surface area contributed by atoms with Crippen molar-refractivity contribution in [2.75, 3.05) is 7.11 Å². The highest BCUT2D eigenvalue weighted by atomic mass is 16.5. The molecule has 16 heavy (non-hydrogen) atoms. The van der Waals surface area contributed by atoms with Gasteiger partial charge in [0.05, 0.1) is 13.2 Å². The lowest BCUT2D eigenvalue weighted by atomic mass is 9.87. The zero-order valence-electron chi connectivity index (χ0n) is 9.57. The lowest BCUT2D eigenvalue weighted by Crippen LogP contribution is -3.03. The van der Waals surface area contributed by atoms with E-state index in [1.165, 1.54) is 20.0 Å². The van der Waals surface area contributed by atoms with Crippen LogP contribution in [-0.2, 0) is 14.3 Å². The molecule has 1 heterocycles. The van der Waals surface area contributed by atoms with E-state index in [9.17, 15) is 9.59 Å². The van der Waals surface area contributed by atoms with Crippen LogP contribution in [0.3, 0.4) is 0 Å². The predicted octanol–water partition coefficient (Wildman–Crippen LogP) is -1.08. The Bertz CT molecular complexity index is 293. The number of piperazine rings is 1. The molecular formula is C11H19N2O3+. The number of methoxy groups -OCH3 is 1. The first-order valence-electron chi connectivity index (χ1n) is 5.93. The summed E-state index contributed by atoms with van der Waals surface area (Å²) in [7, 11) is 1.35. The maximum atomic E-state index is 11.8. The van der Waals surface area contributed by atoms with Crippen LogP contribution >= 0.6 is 0 Å². The average molecular weight is 227 g/mol. The van der Waals surface area contributed by atoms with Crippen LogP contribution in [-0.4, -0.2) is 37.1 Å². The lowest BCUT2D eigenvalue weighted by molar-refractivity contribution is -0.718. The third kappa shape index (κ3) is 2.35. The summed E-state index contributed by atoms with van der Waals surface area (Å²) in [6.45, 7) is 0. The van der Waals surface area contributed by atoms with E-state index in [4.69, 9.17) is 0 Å². The molecule has 5 heteroatoms. The van der Waals surface area contributed by atoms with Crippen LogP contribution in [0.2, 0.25) is 0 Å². The van der Waals surface area contributed by atoms with Crippen molar-refractivity contribution in [2.45, 2.75) is 50.2 Å². The van der Waals surface area contributed by atoms with Gasteiger partial charge in [0.25, 0.3) is 5.91 Å². The van der Waals surface area contributed by atoms with Gasteiger partial charge >= 0.3 is 5.97 Å². The summed E-state index contributed by atoms with van der Waals surface area (Å²) in [6.07, 6.45) is 4.78. The van der Waals surface area contributed by atoms with Gasteiger partial charge in [0.15, 0.2) is 6.04 Å². The molecule has 0 radical (unpaired) electrons. The predicted molar refractivity (Wildman–Crippen MR) is 56.5 cm³/mol. The van der Waals surface area contributed by atoms with Crippen LogP contribution in [0.15, 0.2) is 0 Å². The highest BCUT2D eigenvalue weighted by Gasteiger charge is 2.40. The maximum Gasteiger partial charge on any atom is 0.312 e. The molecule has 0 unspecified atom stereocenters. The molecule has 0 spiro atoms. The number of hydrogen-bond donors (Lipinski definition) is 2. The molecule has 1 aliphatic carbocycles. The highest BCUT2D eigenvalue weighted by molar-refractivity contribution is 5.85. The Morgan fingerprint density at radius 3 is 3.00 bits per heavy atom. The molecule has 0 aromatic heterocycles. The van der Waals surface area contributed by atoms with Crippen molar-refractivity contribution >= 4 is 11.9 Å². The minimum atomic E-state index is -0.314. The van der Waals surface area contributed by atoms with Gasteiger partial charge in [0.2, 0.25) is 0 Å². The molecule has 2 rings (SSSR count). The Labute approximate surface area is 94.9 Å². The van der Waals surface area contributed by atoms with Crippen molar-refractivity contribution in [3.63, 3.8) is 0 Å². The van der Waals surface area contributed by atoms with Crippen molar-refractivity contribution in [3.05, 3.63) is 0 Å². The van der Waals surface area contributed by atoms with Crippen molar-refractivity contribution in [2.24, 2.45) is 0 Å². The van der Waals surface area contributed by atoms with Crippen LogP contribution < -0.4 is 10.6 Å². The third-order valence-electron chi connectivity index (χ3n) is 3.58. The van der Waals surface area contributed by atoms with E-state index in [1.807, 2.05) is 0 Å². The Hall–Kier alpha value is -1.10. The molecule has 0 aromatic rings. The van der Waals surface area contributed by atoms with Gasteiger partial charge in [-0.15, -0.1) is 0 Å². The first-order valence-corrected chi connectivity index (χ1v) is 5.93. The van der Waals surface area contributed by atoms with Gasteiger partial charge in [0.1, 0.15) is 12.5 Å². The monoisotopic (exact) mass is 227 g/mol. The van der Waals surface area contributed by atoms with Crippen molar-refractivity contribution < 1.29 is 19.6 Å². The number of carbonyl (C=O) groups is 2. The second kappa shape index (κ2) is 4.82. The number of rotatable bonds is 2. The Balaban J connectivity index is 1.95. The van der Waals surface area contributed by atoms with Gasteiger partial charge in [-0.1, -0.05) is 6.42 Å². The number of nitrogens with one attached hydrogen (secondary N) is 1. The second-order valence-electron chi connectivity index (χ2n) is 4.64. The van der Waals surface area contributed by atoms with Gasteiger partial charge in [-0.3, -0.25) is 9.59 Å². The summed E-state index contributed by atoms with van der Waals surface area (Å²) in [5, 5.41) is 5.08. The summed E-state index contributed by atoms with van der Waals surface area (Å²) in [6, 6.07) is 0.447. The molecule has 0 bridgehead atoms. The number of esters is 1. The molecular weight excluding hydrogens is 208 g/mol. The first kappa shape index (κ1) is 11.4. The van der Waals surface area contributed by atoms with E-state index < -0.39 is 0 Å². The van der Waals surface area contributed by atoms with E-state index >= 15 is 0 Å². The summed E-state index contributed by atoms with van der Waals surface area (Å²) < 4.78 is 4.60. The summed E-state index contributed by atoms with van der Waals surface area (Å²) in [5.74, 6) is -0.334. The normalized spacial score (nSPS) is 33.8. The van der Waals surface area contributed by atoms with Gasteiger partial charge in [-0.25, -0.2) is 0 Å². The largest absolute Gasteiger partial charge is 0.469 e. The fourth-order valence-corrected chi connectivity index (χ4v) is 2.67. The molecule has 1 aliphatic heterocycles. The van der Waals surface area contributed by atoms with Gasteiger partial charge in [-0.05, 0) is 12.8 Å². The molecule has 2 aliphatic rings. The minimum Gasteiger partial charge on any atom is -0.469 e. The van der Waals surface area contributed by atoms with Crippen molar-refractivity contribution in [1.82, 2.24) is 5.32 Å². The Morgan fingerprint density at radius 2 is 2.25 bits per heavy atom. The fraction of sp³-hybridized carbons (Fsp3) is 0.818. The van der Waals surface area contributed by atoms with E-state index in [-0.39, 0.29) is 24.3 Å². The van der Waals surface area contributed by atoms with Gasteiger partial charge in [0, 0.05) is 6.42 Å². The Morgan fingerprint density at radius 1 is 1.50 bits per heavy atom. The average Bonchev–Trinajstić information content (AvgIpc) is 2.30. The number of carbonyl (C=O) groups excluding carboxylic acids is 2. The number of amides is 1. The van der Waals surface area contributed by atoms with E-state index in [2.05, 4.69) is 15.4 Å².